The molecule has 0 aromatic rings. The quantitative estimate of drug-likeness (QED) is 0.288. The summed E-state index contributed by atoms with van der Waals surface area (Å²) < 4.78 is 0. The van der Waals surface area contributed by atoms with Gasteiger partial charge in [-0.05, 0) is 18.3 Å². The zero-order chi connectivity index (χ0) is 14.3. The summed E-state index contributed by atoms with van der Waals surface area (Å²) in [7, 11) is 0. The summed E-state index contributed by atoms with van der Waals surface area (Å²) in [5.41, 5.74) is 0. The van der Waals surface area contributed by atoms with Crippen LogP contribution in [0.4, 0.5) is 0 Å². The Kier molecular flexibility index (Phi) is 14.4. The van der Waals surface area contributed by atoms with Gasteiger partial charge in [0.1, 0.15) is 0 Å². The minimum absolute atomic E-state index is 1.01. The van der Waals surface area contributed by atoms with E-state index in [0.29, 0.717) is 0 Å². The second kappa shape index (κ2) is 14.4. The lowest BCUT2D eigenvalue weighted by molar-refractivity contribution is 0.307. The predicted molar refractivity (Wildman–Crippen MR) is 89.7 cm³/mol. The highest BCUT2D eigenvalue weighted by molar-refractivity contribution is 4.66. The molecule has 0 fully saturated rings. The van der Waals surface area contributed by atoms with E-state index in [9.17, 15) is 0 Å². The average Bonchev–Trinajstić information content (AvgIpc) is 2.44. The first-order valence-corrected chi connectivity index (χ1v) is 9.28. The molecule has 0 rings (SSSR count). The zero-order valence-corrected chi connectivity index (χ0v) is 14.3. The van der Waals surface area contributed by atoms with Gasteiger partial charge < -0.3 is 0 Å². The van der Waals surface area contributed by atoms with Crippen LogP contribution in [0.15, 0.2) is 0 Å². The van der Waals surface area contributed by atoms with Crippen molar-refractivity contribution in [3.8, 4) is 0 Å². The van der Waals surface area contributed by atoms with Crippen LogP contribution < -0.4 is 0 Å². The number of unbranched alkanes of at least 4 members (excludes halogenated alkanes) is 6. The van der Waals surface area contributed by atoms with E-state index >= 15 is 0 Å². The number of rotatable bonds is 14. The fourth-order valence-electron chi connectivity index (χ4n) is 3.17. The smallest absolute Gasteiger partial charge is 0.0414 e. The van der Waals surface area contributed by atoms with Crippen LogP contribution in [0.1, 0.15) is 111 Å². The molecule has 0 heterocycles. The second-order valence-electron chi connectivity index (χ2n) is 6.48. The van der Waals surface area contributed by atoms with Crippen LogP contribution >= 0.6 is 0 Å². The van der Waals surface area contributed by atoms with Crippen molar-refractivity contribution in [3.63, 3.8) is 0 Å². The molecule has 0 heteroatoms. The molecule has 0 spiro atoms. The van der Waals surface area contributed by atoms with Crippen molar-refractivity contribution in [2.24, 2.45) is 11.8 Å². The summed E-state index contributed by atoms with van der Waals surface area (Å²) in [6.45, 7) is 9.41. The van der Waals surface area contributed by atoms with E-state index in [4.69, 9.17) is 0 Å². The van der Waals surface area contributed by atoms with Gasteiger partial charge in [0.15, 0.2) is 0 Å². The largest absolute Gasteiger partial charge is 0.0654 e. The topological polar surface area (TPSA) is 0 Å². The van der Waals surface area contributed by atoms with E-state index in [0.717, 1.165) is 11.8 Å². The summed E-state index contributed by atoms with van der Waals surface area (Å²) in [4.78, 5) is 0. The second-order valence-corrected chi connectivity index (χ2v) is 6.48. The van der Waals surface area contributed by atoms with E-state index in [2.05, 4.69) is 27.7 Å². The van der Waals surface area contributed by atoms with E-state index in [-0.39, 0.29) is 0 Å². The van der Waals surface area contributed by atoms with Crippen molar-refractivity contribution in [2.75, 3.05) is 0 Å². The molecule has 0 amide bonds. The Bertz CT molecular complexity index is 143. The lowest BCUT2D eigenvalue weighted by Gasteiger charge is -2.22. The van der Waals surface area contributed by atoms with Crippen molar-refractivity contribution >= 4 is 0 Å². The first-order chi connectivity index (χ1) is 9.28. The van der Waals surface area contributed by atoms with Gasteiger partial charge in [0.2, 0.25) is 0 Å². The molecule has 0 saturated heterocycles. The van der Waals surface area contributed by atoms with Crippen molar-refractivity contribution in [3.05, 3.63) is 0 Å². The molecule has 0 saturated carbocycles. The maximum absolute atomic E-state index is 2.40. The van der Waals surface area contributed by atoms with E-state index in [1.807, 2.05) is 0 Å². The van der Waals surface area contributed by atoms with Gasteiger partial charge in [0.25, 0.3) is 0 Å². The Morgan fingerprint density at radius 1 is 0.526 bits per heavy atom. The van der Waals surface area contributed by atoms with Crippen molar-refractivity contribution in [1.29, 1.82) is 0 Å². The minimum Gasteiger partial charge on any atom is -0.0654 e. The van der Waals surface area contributed by atoms with Gasteiger partial charge in [-0.1, -0.05) is 105 Å². The van der Waals surface area contributed by atoms with Gasteiger partial charge in [-0.3, -0.25) is 0 Å². The van der Waals surface area contributed by atoms with Gasteiger partial charge in [-0.25, -0.2) is 0 Å². The Morgan fingerprint density at radius 3 is 1.26 bits per heavy atom. The molecular formula is C19H40. The summed E-state index contributed by atoms with van der Waals surface area (Å²) in [6, 6.07) is 0. The van der Waals surface area contributed by atoms with Crippen LogP contribution in [0.25, 0.3) is 0 Å². The normalized spacial score (nSPS) is 14.5. The molecule has 2 atom stereocenters. The molecule has 0 aromatic carbocycles. The Labute approximate surface area is 123 Å². The molecule has 0 nitrogen and oxygen atoms in total. The van der Waals surface area contributed by atoms with Crippen molar-refractivity contribution < 1.29 is 0 Å². The third-order valence-corrected chi connectivity index (χ3v) is 4.75. The molecule has 0 aliphatic rings. The SMILES string of the molecule is CCCCCCC(CC)CC(CC)CCCCCC. The first kappa shape index (κ1) is 19.0. The molecule has 2 unspecified atom stereocenters. The van der Waals surface area contributed by atoms with Crippen LogP contribution in [0, 0.1) is 11.8 Å². The monoisotopic (exact) mass is 268 g/mol. The summed E-state index contributed by atoms with van der Waals surface area (Å²) in [5.74, 6) is 2.01. The first-order valence-electron chi connectivity index (χ1n) is 9.28. The highest BCUT2D eigenvalue weighted by Crippen LogP contribution is 2.27. The van der Waals surface area contributed by atoms with Gasteiger partial charge >= 0.3 is 0 Å². The highest BCUT2D eigenvalue weighted by Gasteiger charge is 2.13. The van der Waals surface area contributed by atoms with Crippen molar-refractivity contribution in [2.45, 2.75) is 111 Å². The molecule has 0 radical (unpaired) electrons. The minimum atomic E-state index is 1.01. The fraction of sp³-hybridized carbons (Fsp3) is 1.00. The highest BCUT2D eigenvalue weighted by atomic mass is 14.2. The van der Waals surface area contributed by atoms with Gasteiger partial charge in [-0.15, -0.1) is 0 Å². The van der Waals surface area contributed by atoms with Crippen LogP contribution in [-0.2, 0) is 0 Å². The van der Waals surface area contributed by atoms with Crippen LogP contribution in [-0.4, -0.2) is 0 Å². The zero-order valence-electron chi connectivity index (χ0n) is 14.3. The van der Waals surface area contributed by atoms with E-state index < -0.39 is 0 Å². The molecule has 0 bridgehead atoms. The van der Waals surface area contributed by atoms with Crippen LogP contribution in [0.2, 0.25) is 0 Å². The molecule has 0 aromatic heterocycles. The number of hydrogen-bond acceptors (Lipinski definition) is 0. The molecular weight excluding hydrogens is 228 g/mol. The third-order valence-electron chi connectivity index (χ3n) is 4.75. The maximum Gasteiger partial charge on any atom is -0.0414 e. The Hall–Kier alpha value is 0. The fourth-order valence-corrected chi connectivity index (χ4v) is 3.17. The van der Waals surface area contributed by atoms with Gasteiger partial charge in [-0.2, -0.15) is 0 Å². The average molecular weight is 269 g/mol. The van der Waals surface area contributed by atoms with Crippen LogP contribution in [0.5, 0.6) is 0 Å². The Morgan fingerprint density at radius 2 is 0.947 bits per heavy atom. The van der Waals surface area contributed by atoms with E-state index in [1.54, 1.807) is 0 Å². The lowest BCUT2D eigenvalue weighted by Crippen LogP contribution is -2.08. The molecule has 0 aliphatic heterocycles. The van der Waals surface area contributed by atoms with E-state index in [1.165, 1.54) is 83.5 Å². The summed E-state index contributed by atoms with van der Waals surface area (Å²) in [6.07, 6.45) is 18.7. The van der Waals surface area contributed by atoms with Gasteiger partial charge in [0.05, 0.1) is 0 Å². The standard InChI is InChI=1S/C19H40/c1-5-9-11-13-15-18(7-3)17-19(8-4)16-14-12-10-6-2/h18-19H,5-17H2,1-4H3. The molecule has 0 N–H and O–H groups in total. The van der Waals surface area contributed by atoms with Crippen LogP contribution in [0.3, 0.4) is 0 Å². The Balaban J connectivity index is 3.76. The number of hydrogen-bond donors (Lipinski definition) is 0. The predicted octanol–water partition coefficient (Wildman–Crippen LogP) is 7.37. The van der Waals surface area contributed by atoms with Gasteiger partial charge in [0, 0.05) is 0 Å². The summed E-state index contributed by atoms with van der Waals surface area (Å²) >= 11 is 0. The lowest BCUT2D eigenvalue weighted by atomic mass is 9.84. The molecule has 116 valence electrons. The maximum atomic E-state index is 2.40. The molecule has 0 aliphatic carbocycles. The summed E-state index contributed by atoms with van der Waals surface area (Å²) in [5, 5.41) is 0. The van der Waals surface area contributed by atoms with Crippen molar-refractivity contribution in [1.82, 2.24) is 0 Å². The third kappa shape index (κ3) is 11.5. The molecule has 19 heavy (non-hydrogen) atoms.